The van der Waals surface area contributed by atoms with Crippen molar-refractivity contribution in [1.82, 2.24) is 15.0 Å². The van der Waals surface area contributed by atoms with Gasteiger partial charge in [0.05, 0.1) is 10.7 Å². The van der Waals surface area contributed by atoms with Crippen LogP contribution in [0.15, 0.2) is 48.8 Å². The Morgan fingerprint density at radius 2 is 1.89 bits per heavy atom. The molecule has 0 spiro atoms. The number of aromatic amines is 1. The van der Waals surface area contributed by atoms with Crippen molar-refractivity contribution in [1.29, 1.82) is 0 Å². The molecule has 0 saturated heterocycles. The summed E-state index contributed by atoms with van der Waals surface area (Å²) >= 11 is 1.85. The lowest BCUT2D eigenvalue weighted by Crippen LogP contribution is -1.93. The molecule has 1 aromatic carbocycles. The summed E-state index contributed by atoms with van der Waals surface area (Å²) < 4.78 is 0. The van der Waals surface area contributed by atoms with Crippen molar-refractivity contribution in [3.63, 3.8) is 0 Å². The predicted octanol–water partition coefficient (Wildman–Crippen LogP) is 2.93. The number of nitrogens with one attached hydrogen (secondary N) is 1. The Morgan fingerprint density at radius 3 is 2.56 bits per heavy atom. The highest BCUT2D eigenvalue weighted by molar-refractivity contribution is 7.12. The van der Waals surface area contributed by atoms with E-state index in [4.69, 9.17) is 15.2 Å². The molecule has 0 aliphatic heterocycles. The lowest BCUT2D eigenvalue weighted by molar-refractivity contribution is -0.134. The maximum absolute atomic E-state index is 9.55. The largest absolute Gasteiger partial charge is 0.478 e. The van der Waals surface area contributed by atoms with E-state index in [0.717, 1.165) is 25.1 Å². The lowest BCUT2D eigenvalue weighted by atomic mass is 10.1. The Kier molecular flexibility index (Phi) is 5.77. The van der Waals surface area contributed by atoms with E-state index < -0.39 is 11.9 Å². The van der Waals surface area contributed by atoms with Gasteiger partial charge >= 0.3 is 11.9 Å². The first-order valence-corrected chi connectivity index (χ1v) is 9.03. The zero-order valence-electron chi connectivity index (χ0n) is 14.3. The van der Waals surface area contributed by atoms with E-state index in [1.165, 1.54) is 26.7 Å². The van der Waals surface area contributed by atoms with Crippen LogP contribution in [-0.2, 0) is 28.9 Å². The van der Waals surface area contributed by atoms with E-state index in [0.29, 0.717) is 12.2 Å². The molecule has 2 aromatic heterocycles. The van der Waals surface area contributed by atoms with Gasteiger partial charge in [-0.05, 0) is 5.56 Å². The van der Waals surface area contributed by atoms with E-state index in [1.54, 1.807) is 6.20 Å². The summed E-state index contributed by atoms with van der Waals surface area (Å²) in [5, 5.41) is 16.8. The van der Waals surface area contributed by atoms with Gasteiger partial charge in [-0.3, -0.25) is 0 Å². The van der Waals surface area contributed by atoms with Gasteiger partial charge in [0.2, 0.25) is 0 Å². The van der Waals surface area contributed by atoms with Gasteiger partial charge < -0.3 is 15.2 Å². The molecule has 2 heterocycles. The molecule has 0 unspecified atom stereocenters. The number of rotatable bonds is 5. The lowest BCUT2D eigenvalue weighted by Gasteiger charge is -1.98. The third kappa shape index (κ3) is 4.89. The van der Waals surface area contributed by atoms with Crippen molar-refractivity contribution in [3.05, 3.63) is 70.1 Å². The van der Waals surface area contributed by atoms with Crippen LogP contribution in [0, 0.1) is 0 Å². The third-order valence-corrected chi connectivity index (χ3v) is 4.98. The molecular weight excluding hydrogens is 366 g/mol. The van der Waals surface area contributed by atoms with Gasteiger partial charge in [-0.25, -0.2) is 19.6 Å². The van der Waals surface area contributed by atoms with Crippen molar-refractivity contribution in [3.8, 4) is 11.3 Å². The summed E-state index contributed by atoms with van der Waals surface area (Å²) in [6, 6.07) is 8.58. The number of thiazole rings is 1. The molecule has 0 saturated carbocycles. The first kappa shape index (κ1) is 18.5. The fraction of sp³-hybridized carbons (Fsp3) is 0.158. The van der Waals surface area contributed by atoms with Crippen LogP contribution in [0.4, 0.5) is 0 Å². The van der Waals surface area contributed by atoms with Gasteiger partial charge in [0.15, 0.2) is 0 Å². The molecule has 3 aromatic rings. The SMILES string of the molecule is O=C(O)C=CC(=O)O.c1ccc2c(c1)Cc1sc(CCc3ncc[nH]3)nc1-2. The monoisotopic (exact) mass is 383 g/mol. The standard InChI is InChI=1S/C15H13N3S.C4H4O4/c1-2-4-11-10(3-1)9-12-15(11)18-14(19-12)6-5-13-16-7-8-17-13;5-3(6)1-2-4(7)8/h1-4,7-8H,5-6,9H2,(H,16,17);1-2H,(H,5,6)(H,7,8). The molecule has 0 radical (unpaired) electrons. The summed E-state index contributed by atoms with van der Waals surface area (Å²) in [5.74, 6) is -1.48. The number of hydrogen-bond acceptors (Lipinski definition) is 5. The average molecular weight is 383 g/mol. The van der Waals surface area contributed by atoms with Crippen molar-refractivity contribution in [2.45, 2.75) is 19.3 Å². The number of carboxylic acid groups (broad SMARTS) is 2. The Bertz CT molecular complexity index is 961. The van der Waals surface area contributed by atoms with Crippen LogP contribution >= 0.6 is 11.3 Å². The number of carboxylic acids is 2. The summed E-state index contributed by atoms with van der Waals surface area (Å²) in [6.07, 6.45) is 7.73. The van der Waals surface area contributed by atoms with Crippen LogP contribution in [0.25, 0.3) is 11.3 Å². The normalized spacial score (nSPS) is 11.6. The van der Waals surface area contributed by atoms with E-state index >= 15 is 0 Å². The molecule has 1 aliphatic rings. The van der Waals surface area contributed by atoms with Gasteiger partial charge in [0, 0.05) is 54.2 Å². The van der Waals surface area contributed by atoms with Crippen molar-refractivity contribution >= 4 is 23.3 Å². The van der Waals surface area contributed by atoms with Crippen molar-refractivity contribution in [2.75, 3.05) is 0 Å². The summed E-state index contributed by atoms with van der Waals surface area (Å²) in [4.78, 5) is 32.7. The minimum absolute atomic E-state index is 0.558. The topological polar surface area (TPSA) is 116 Å². The Labute approximate surface area is 159 Å². The first-order chi connectivity index (χ1) is 13.0. The quantitative estimate of drug-likeness (QED) is 0.456. The van der Waals surface area contributed by atoms with Gasteiger partial charge in [-0.15, -0.1) is 11.3 Å². The molecule has 0 amide bonds. The zero-order chi connectivity index (χ0) is 19.2. The second-order valence-electron chi connectivity index (χ2n) is 5.76. The Balaban J connectivity index is 0.000000226. The van der Waals surface area contributed by atoms with Crippen LogP contribution in [0.5, 0.6) is 0 Å². The van der Waals surface area contributed by atoms with Crippen LogP contribution in [-0.4, -0.2) is 37.1 Å². The molecule has 0 fully saturated rings. The predicted molar refractivity (Wildman–Crippen MR) is 101 cm³/mol. The highest BCUT2D eigenvalue weighted by Gasteiger charge is 2.22. The number of hydrogen-bond donors (Lipinski definition) is 3. The molecule has 8 heteroatoms. The molecule has 0 atom stereocenters. The molecule has 138 valence electrons. The first-order valence-electron chi connectivity index (χ1n) is 8.22. The number of aliphatic carboxylic acids is 2. The zero-order valence-corrected chi connectivity index (χ0v) is 15.1. The van der Waals surface area contributed by atoms with E-state index in [1.807, 2.05) is 17.5 Å². The number of carbonyl (C=O) groups is 2. The number of aryl methyl sites for hydroxylation is 2. The number of nitrogens with zero attached hydrogens (tertiary/aromatic N) is 2. The fourth-order valence-corrected chi connectivity index (χ4v) is 3.82. The number of H-pyrrole nitrogens is 1. The van der Waals surface area contributed by atoms with Crippen LogP contribution in [0.2, 0.25) is 0 Å². The summed E-state index contributed by atoms with van der Waals surface area (Å²) in [6.45, 7) is 0. The second kappa shape index (κ2) is 8.41. The minimum Gasteiger partial charge on any atom is -0.478 e. The maximum Gasteiger partial charge on any atom is 0.328 e. The molecule has 27 heavy (non-hydrogen) atoms. The highest BCUT2D eigenvalue weighted by Crippen LogP contribution is 2.39. The van der Waals surface area contributed by atoms with Gasteiger partial charge in [-0.1, -0.05) is 24.3 Å². The molecule has 4 rings (SSSR count). The number of imidazole rings is 1. The minimum atomic E-state index is -1.26. The molecule has 7 nitrogen and oxygen atoms in total. The van der Waals surface area contributed by atoms with E-state index in [2.05, 4.69) is 34.2 Å². The third-order valence-electron chi connectivity index (χ3n) is 3.86. The Morgan fingerprint density at radius 1 is 1.15 bits per heavy atom. The number of benzene rings is 1. The highest BCUT2D eigenvalue weighted by atomic mass is 32.1. The van der Waals surface area contributed by atoms with Crippen LogP contribution in [0.3, 0.4) is 0 Å². The smallest absolute Gasteiger partial charge is 0.328 e. The number of aromatic nitrogens is 3. The van der Waals surface area contributed by atoms with E-state index in [9.17, 15) is 9.59 Å². The van der Waals surface area contributed by atoms with Gasteiger partial charge in [0.1, 0.15) is 5.82 Å². The van der Waals surface area contributed by atoms with Gasteiger partial charge in [0.25, 0.3) is 0 Å². The fourth-order valence-electron chi connectivity index (χ4n) is 2.72. The van der Waals surface area contributed by atoms with Crippen LogP contribution in [0.1, 0.15) is 21.3 Å². The van der Waals surface area contributed by atoms with Crippen molar-refractivity contribution < 1.29 is 19.8 Å². The number of fused-ring (bicyclic) bond motifs is 3. The average Bonchev–Trinajstić information content (AvgIpc) is 3.34. The Hall–Kier alpha value is -3.26. The van der Waals surface area contributed by atoms with Gasteiger partial charge in [-0.2, -0.15) is 0 Å². The maximum atomic E-state index is 9.55. The molecular formula is C19H17N3O4S. The molecule has 3 N–H and O–H groups in total. The van der Waals surface area contributed by atoms with E-state index in [-0.39, 0.29) is 0 Å². The summed E-state index contributed by atoms with van der Waals surface area (Å²) in [5.41, 5.74) is 3.93. The molecule has 0 bridgehead atoms. The summed E-state index contributed by atoms with van der Waals surface area (Å²) in [7, 11) is 0. The second-order valence-corrected chi connectivity index (χ2v) is 6.93. The van der Waals surface area contributed by atoms with Crippen LogP contribution < -0.4 is 0 Å². The molecule has 1 aliphatic carbocycles. The van der Waals surface area contributed by atoms with Crippen molar-refractivity contribution in [2.24, 2.45) is 0 Å².